The molecule has 0 aliphatic carbocycles. The number of hydrogen-bond donors (Lipinski definition) is 0. The second-order valence-corrected chi connectivity index (χ2v) is 10.3. The third-order valence-electron chi connectivity index (χ3n) is 7.10. The number of esters is 4. The van der Waals surface area contributed by atoms with Gasteiger partial charge in [0.2, 0.25) is 0 Å². The van der Waals surface area contributed by atoms with Crippen LogP contribution in [-0.4, -0.2) is 113 Å². The van der Waals surface area contributed by atoms with E-state index in [1.165, 1.54) is 21.1 Å². The van der Waals surface area contributed by atoms with Gasteiger partial charge in [-0.3, -0.25) is 19.2 Å². The van der Waals surface area contributed by atoms with Gasteiger partial charge < -0.3 is 52.1 Å². The van der Waals surface area contributed by atoms with Crippen LogP contribution in [0.5, 0.6) is 0 Å². The molecule has 0 bridgehead atoms. The molecule has 3 aliphatic rings. The molecule has 0 radical (unpaired) electrons. The highest BCUT2D eigenvalue weighted by atomic mass is 16.8. The topological polar surface area (TPSA) is 170 Å². The largest absolute Gasteiger partial charge is 0.463 e. The molecule has 244 valence electrons. The lowest BCUT2D eigenvalue weighted by Crippen LogP contribution is -2.67. The number of carbonyl (C=O) groups is 4. The summed E-state index contributed by atoms with van der Waals surface area (Å²) in [5, 5.41) is 0. The van der Waals surface area contributed by atoms with E-state index in [0.29, 0.717) is 0 Å². The van der Waals surface area contributed by atoms with Gasteiger partial charge in [0.1, 0.15) is 37.1 Å². The fraction of sp³-hybridized carbons (Fsp3) is 0.655. The maximum absolute atomic E-state index is 12.2. The molecule has 4 rings (SSSR count). The molecule has 15 nitrogen and oxygen atoms in total. The fourth-order valence-corrected chi connectivity index (χ4v) is 5.38. The summed E-state index contributed by atoms with van der Waals surface area (Å²) in [6.07, 6.45) is -11.9. The van der Waals surface area contributed by atoms with Gasteiger partial charge in [0, 0.05) is 47.5 Å². The Morgan fingerprint density at radius 1 is 0.705 bits per heavy atom. The van der Waals surface area contributed by atoms with Crippen molar-refractivity contribution >= 4 is 23.9 Å². The monoisotopic (exact) mass is 626 g/mol. The lowest BCUT2D eigenvalue weighted by Gasteiger charge is -2.50. The molecular formula is C29H38O15. The van der Waals surface area contributed by atoms with Crippen molar-refractivity contribution in [1.29, 1.82) is 0 Å². The molecule has 0 N–H and O–H groups in total. The first-order valence-corrected chi connectivity index (χ1v) is 14.0. The summed E-state index contributed by atoms with van der Waals surface area (Å²) in [4.78, 5) is 48.1. The van der Waals surface area contributed by atoms with Gasteiger partial charge in [0.25, 0.3) is 0 Å². The number of rotatable bonds is 10. The zero-order valence-corrected chi connectivity index (χ0v) is 25.3. The van der Waals surface area contributed by atoms with Crippen molar-refractivity contribution < 1.29 is 71.3 Å². The van der Waals surface area contributed by atoms with Crippen LogP contribution in [0.2, 0.25) is 0 Å². The van der Waals surface area contributed by atoms with E-state index >= 15 is 0 Å². The number of benzene rings is 1. The van der Waals surface area contributed by atoms with Crippen molar-refractivity contribution in [2.45, 2.75) is 95.4 Å². The molecule has 3 heterocycles. The first-order chi connectivity index (χ1) is 21.0. The van der Waals surface area contributed by atoms with E-state index in [-0.39, 0.29) is 6.61 Å². The van der Waals surface area contributed by atoms with Crippen molar-refractivity contribution in [2.24, 2.45) is 0 Å². The van der Waals surface area contributed by atoms with Crippen LogP contribution in [0, 0.1) is 0 Å². The molecule has 1 aromatic rings. The number of methoxy groups -OCH3 is 2. The molecule has 3 aliphatic heterocycles. The van der Waals surface area contributed by atoms with E-state index in [1.807, 2.05) is 30.3 Å². The second kappa shape index (κ2) is 15.2. The summed E-state index contributed by atoms with van der Waals surface area (Å²) < 4.78 is 63.9. The normalized spacial score (nSPS) is 35.1. The molecule has 0 aromatic heterocycles. The first kappa shape index (κ1) is 33.7. The highest BCUT2D eigenvalue weighted by Crippen LogP contribution is 2.38. The van der Waals surface area contributed by atoms with Crippen LogP contribution in [0.25, 0.3) is 0 Å². The van der Waals surface area contributed by atoms with Crippen LogP contribution >= 0.6 is 0 Å². The minimum absolute atomic E-state index is 0.162. The standard InChI is InChI=1S/C29H38O15/c1-14(30)36-12-19-22(38-15(2)31)24(39-16(3)32)26(40-17(4)33)29(42-19)44-25-23(34-5)21-20(41-28(25)35-6)13-37-27(43-21)18-10-8-7-9-11-18/h7-11,19-29H,12-13H2,1-6H3/t19-,20-,21-,22-,23+,24+,25-,26-,27?,28+,29+/m1/s1. The number of hydrogen-bond acceptors (Lipinski definition) is 15. The van der Waals surface area contributed by atoms with Crippen LogP contribution < -0.4 is 0 Å². The summed E-state index contributed by atoms with van der Waals surface area (Å²) in [5.74, 6) is -2.93. The third-order valence-corrected chi connectivity index (χ3v) is 7.10. The summed E-state index contributed by atoms with van der Waals surface area (Å²) in [6.45, 7) is 4.33. The van der Waals surface area contributed by atoms with Crippen molar-refractivity contribution in [3.8, 4) is 0 Å². The van der Waals surface area contributed by atoms with E-state index in [9.17, 15) is 19.2 Å². The third kappa shape index (κ3) is 8.10. The number of fused-ring (bicyclic) bond motifs is 1. The lowest BCUT2D eigenvalue weighted by molar-refractivity contribution is -0.392. The van der Waals surface area contributed by atoms with Gasteiger partial charge in [-0.15, -0.1) is 0 Å². The Bertz CT molecular complexity index is 1140. The summed E-state index contributed by atoms with van der Waals surface area (Å²) >= 11 is 0. The lowest BCUT2D eigenvalue weighted by atomic mass is 9.96. The molecule has 44 heavy (non-hydrogen) atoms. The zero-order valence-electron chi connectivity index (χ0n) is 25.3. The van der Waals surface area contributed by atoms with Crippen LogP contribution in [0.15, 0.2) is 30.3 Å². The van der Waals surface area contributed by atoms with Gasteiger partial charge in [-0.2, -0.15) is 0 Å². The molecule has 15 heteroatoms. The Morgan fingerprint density at radius 2 is 1.34 bits per heavy atom. The number of carbonyl (C=O) groups excluding carboxylic acids is 4. The summed E-state index contributed by atoms with van der Waals surface area (Å²) in [7, 11) is 2.86. The minimum atomic E-state index is -1.49. The Hall–Kier alpha value is -3.18. The molecule has 11 atom stereocenters. The Labute approximate surface area is 254 Å². The smallest absolute Gasteiger partial charge is 0.303 e. The van der Waals surface area contributed by atoms with Gasteiger partial charge in [-0.25, -0.2) is 0 Å². The molecular weight excluding hydrogens is 588 g/mol. The second-order valence-electron chi connectivity index (χ2n) is 10.3. The predicted molar refractivity (Wildman–Crippen MR) is 143 cm³/mol. The summed E-state index contributed by atoms with van der Waals surface area (Å²) in [5.41, 5.74) is 0.784. The van der Waals surface area contributed by atoms with Crippen molar-refractivity contribution in [3.05, 3.63) is 35.9 Å². The van der Waals surface area contributed by atoms with Gasteiger partial charge in [0.05, 0.1) is 6.61 Å². The predicted octanol–water partition coefficient (Wildman–Crippen LogP) is 0.955. The maximum atomic E-state index is 12.2. The number of ether oxygens (including phenoxy) is 11. The van der Waals surface area contributed by atoms with Crippen LogP contribution in [0.4, 0.5) is 0 Å². The maximum Gasteiger partial charge on any atom is 0.303 e. The summed E-state index contributed by atoms with van der Waals surface area (Å²) in [6, 6.07) is 9.31. The van der Waals surface area contributed by atoms with Crippen molar-refractivity contribution in [3.63, 3.8) is 0 Å². The highest BCUT2D eigenvalue weighted by molar-refractivity contribution is 5.68. The molecule has 3 saturated heterocycles. The van der Waals surface area contributed by atoms with Gasteiger partial charge >= 0.3 is 23.9 Å². The van der Waals surface area contributed by atoms with E-state index < -0.39 is 98.2 Å². The van der Waals surface area contributed by atoms with Crippen LogP contribution in [0.1, 0.15) is 39.5 Å². The SMILES string of the molecule is CO[C@H]1O[C@@H]2COC(c3ccccc3)O[C@H]2[C@H](OC)[C@H]1O[C@@H]1O[C@H](COC(C)=O)[C@@H](OC(C)=O)[C@H](OC(C)=O)[C@H]1OC(C)=O. The van der Waals surface area contributed by atoms with E-state index in [4.69, 9.17) is 52.1 Å². The fourth-order valence-electron chi connectivity index (χ4n) is 5.38. The Balaban J connectivity index is 1.67. The first-order valence-electron chi connectivity index (χ1n) is 14.0. The minimum Gasteiger partial charge on any atom is -0.463 e. The molecule has 1 aromatic carbocycles. The Morgan fingerprint density at radius 3 is 1.93 bits per heavy atom. The highest BCUT2D eigenvalue weighted by Gasteiger charge is 2.57. The molecule has 0 spiro atoms. The van der Waals surface area contributed by atoms with Gasteiger partial charge in [-0.1, -0.05) is 30.3 Å². The quantitative estimate of drug-likeness (QED) is 0.266. The molecule has 1 unspecified atom stereocenters. The van der Waals surface area contributed by atoms with Crippen molar-refractivity contribution in [2.75, 3.05) is 27.4 Å². The van der Waals surface area contributed by atoms with E-state index in [2.05, 4.69) is 0 Å². The van der Waals surface area contributed by atoms with Crippen LogP contribution in [0.3, 0.4) is 0 Å². The van der Waals surface area contributed by atoms with Gasteiger partial charge in [0.15, 0.2) is 37.2 Å². The average molecular weight is 627 g/mol. The molecule has 0 amide bonds. The van der Waals surface area contributed by atoms with E-state index in [0.717, 1.165) is 26.3 Å². The average Bonchev–Trinajstić information content (AvgIpc) is 2.98. The van der Waals surface area contributed by atoms with Crippen molar-refractivity contribution in [1.82, 2.24) is 0 Å². The van der Waals surface area contributed by atoms with Crippen LogP contribution in [-0.2, 0) is 71.3 Å². The molecule has 3 fully saturated rings. The Kier molecular flexibility index (Phi) is 11.6. The van der Waals surface area contributed by atoms with E-state index in [1.54, 1.807) is 0 Å². The molecule has 0 saturated carbocycles. The zero-order chi connectivity index (χ0) is 32.0. The van der Waals surface area contributed by atoms with Gasteiger partial charge in [-0.05, 0) is 0 Å².